The number of benzene rings is 2. The van der Waals surface area contributed by atoms with Gasteiger partial charge in [0.25, 0.3) is 0 Å². The molecule has 0 saturated carbocycles. The van der Waals surface area contributed by atoms with Crippen molar-refractivity contribution in [3.63, 3.8) is 0 Å². The summed E-state index contributed by atoms with van der Waals surface area (Å²) in [4.78, 5) is 10.6. The molecule has 0 fully saturated rings. The van der Waals surface area contributed by atoms with Crippen molar-refractivity contribution in [1.29, 1.82) is 0 Å². The molecule has 1 amide bonds. The molecule has 86 valence electrons. The van der Waals surface area contributed by atoms with Gasteiger partial charge in [-0.25, -0.2) is 0 Å². The zero-order valence-electron chi connectivity index (χ0n) is 10.0. The van der Waals surface area contributed by atoms with Crippen molar-refractivity contribution in [3.8, 4) is 11.1 Å². The lowest BCUT2D eigenvalue weighted by atomic mass is 9.99. The number of amides is 1. The maximum Gasteiger partial charge on any atom is 0.211 e. The number of hydrogen-bond donors (Lipinski definition) is 1. The van der Waals surface area contributed by atoms with Gasteiger partial charge in [-0.3, -0.25) is 4.79 Å². The van der Waals surface area contributed by atoms with Gasteiger partial charge in [0.1, 0.15) is 0 Å². The smallest absolute Gasteiger partial charge is 0.211 e. The highest BCUT2D eigenvalue weighted by molar-refractivity contribution is 5.85. The van der Waals surface area contributed by atoms with Gasteiger partial charge in [-0.1, -0.05) is 47.5 Å². The van der Waals surface area contributed by atoms with E-state index in [0.717, 1.165) is 16.8 Å². The van der Waals surface area contributed by atoms with Gasteiger partial charge < -0.3 is 5.32 Å². The summed E-state index contributed by atoms with van der Waals surface area (Å²) in [5.74, 6) is 0. The number of carbonyl (C=O) groups is 1. The molecule has 2 aromatic rings. The van der Waals surface area contributed by atoms with E-state index in [-0.39, 0.29) is 0 Å². The van der Waals surface area contributed by atoms with Crippen LogP contribution in [0.15, 0.2) is 42.5 Å². The van der Waals surface area contributed by atoms with Crippen LogP contribution >= 0.6 is 0 Å². The SMILES string of the molecule is Cc1cc(C)cc(-c2ccccc2NC=O)c1. The Labute approximate surface area is 101 Å². The van der Waals surface area contributed by atoms with Gasteiger partial charge in [0, 0.05) is 11.3 Å². The first-order valence-electron chi connectivity index (χ1n) is 5.58. The van der Waals surface area contributed by atoms with E-state index >= 15 is 0 Å². The molecule has 2 rings (SSSR count). The van der Waals surface area contributed by atoms with Crippen molar-refractivity contribution in [3.05, 3.63) is 53.6 Å². The van der Waals surface area contributed by atoms with Crippen LogP contribution in [0.3, 0.4) is 0 Å². The first kappa shape index (κ1) is 11.4. The first-order chi connectivity index (χ1) is 8.20. The van der Waals surface area contributed by atoms with Gasteiger partial charge in [-0.05, 0) is 25.5 Å². The lowest BCUT2D eigenvalue weighted by molar-refractivity contribution is -0.105. The zero-order chi connectivity index (χ0) is 12.3. The minimum absolute atomic E-state index is 0.710. The molecule has 0 spiro atoms. The van der Waals surface area contributed by atoms with Crippen LogP contribution in [0.2, 0.25) is 0 Å². The van der Waals surface area contributed by atoms with Crippen molar-refractivity contribution >= 4 is 12.1 Å². The predicted octanol–water partition coefficient (Wildman–Crippen LogP) is 3.54. The highest BCUT2D eigenvalue weighted by atomic mass is 16.1. The van der Waals surface area contributed by atoms with E-state index in [9.17, 15) is 4.79 Å². The van der Waals surface area contributed by atoms with Crippen molar-refractivity contribution in [1.82, 2.24) is 0 Å². The van der Waals surface area contributed by atoms with Gasteiger partial charge >= 0.3 is 0 Å². The molecule has 1 N–H and O–H groups in total. The number of nitrogens with one attached hydrogen (secondary N) is 1. The number of anilines is 1. The molecule has 0 aliphatic rings. The van der Waals surface area contributed by atoms with Gasteiger partial charge in [0.2, 0.25) is 6.41 Å². The average molecular weight is 225 g/mol. The molecule has 0 aliphatic carbocycles. The van der Waals surface area contributed by atoms with E-state index in [1.54, 1.807) is 0 Å². The van der Waals surface area contributed by atoms with Gasteiger partial charge in [-0.2, -0.15) is 0 Å². The van der Waals surface area contributed by atoms with Crippen LogP contribution in [-0.4, -0.2) is 6.41 Å². The summed E-state index contributed by atoms with van der Waals surface area (Å²) in [6, 6.07) is 14.2. The van der Waals surface area contributed by atoms with E-state index in [2.05, 4.69) is 37.4 Å². The third-order valence-corrected chi connectivity index (χ3v) is 2.67. The lowest BCUT2D eigenvalue weighted by Crippen LogP contribution is -1.96. The largest absolute Gasteiger partial charge is 0.328 e. The van der Waals surface area contributed by atoms with Crippen molar-refractivity contribution in [2.75, 3.05) is 5.32 Å². The molecule has 2 heteroatoms. The summed E-state index contributed by atoms with van der Waals surface area (Å²) < 4.78 is 0. The minimum Gasteiger partial charge on any atom is -0.328 e. The minimum atomic E-state index is 0.710. The van der Waals surface area contributed by atoms with E-state index in [1.165, 1.54) is 11.1 Å². The zero-order valence-corrected chi connectivity index (χ0v) is 10.0. The van der Waals surface area contributed by atoms with Crippen LogP contribution in [0.1, 0.15) is 11.1 Å². The molecule has 2 aromatic carbocycles. The summed E-state index contributed by atoms with van der Waals surface area (Å²) in [7, 11) is 0. The molecule has 17 heavy (non-hydrogen) atoms. The second-order valence-electron chi connectivity index (χ2n) is 4.18. The van der Waals surface area contributed by atoms with Gasteiger partial charge in [0.15, 0.2) is 0 Å². The summed E-state index contributed by atoms with van der Waals surface area (Å²) >= 11 is 0. The average Bonchev–Trinajstić information content (AvgIpc) is 2.29. The van der Waals surface area contributed by atoms with Crippen LogP contribution in [0, 0.1) is 13.8 Å². The van der Waals surface area contributed by atoms with Crippen molar-refractivity contribution < 1.29 is 4.79 Å². The summed E-state index contributed by atoms with van der Waals surface area (Å²) in [6.07, 6.45) is 0.710. The highest BCUT2D eigenvalue weighted by Gasteiger charge is 2.04. The van der Waals surface area contributed by atoms with Gasteiger partial charge in [0.05, 0.1) is 0 Å². The van der Waals surface area contributed by atoms with Gasteiger partial charge in [-0.15, -0.1) is 0 Å². The van der Waals surface area contributed by atoms with Crippen LogP contribution in [-0.2, 0) is 4.79 Å². The lowest BCUT2D eigenvalue weighted by Gasteiger charge is -2.10. The number of aryl methyl sites for hydroxylation is 2. The normalized spacial score (nSPS) is 10.0. The molecular weight excluding hydrogens is 210 g/mol. The number of hydrogen-bond acceptors (Lipinski definition) is 1. The molecule has 2 nitrogen and oxygen atoms in total. The molecule has 0 radical (unpaired) electrons. The molecule has 0 aliphatic heterocycles. The molecule has 0 unspecified atom stereocenters. The predicted molar refractivity (Wildman–Crippen MR) is 71.0 cm³/mol. The standard InChI is InChI=1S/C15H15NO/c1-11-7-12(2)9-13(8-11)14-5-3-4-6-15(14)16-10-17/h3-10H,1-2H3,(H,16,17). The van der Waals surface area contributed by atoms with E-state index in [0.29, 0.717) is 6.41 Å². The van der Waals surface area contributed by atoms with E-state index in [4.69, 9.17) is 0 Å². The fraction of sp³-hybridized carbons (Fsp3) is 0.133. The quantitative estimate of drug-likeness (QED) is 0.795. The third kappa shape index (κ3) is 2.53. The topological polar surface area (TPSA) is 29.1 Å². The molecule has 0 heterocycles. The third-order valence-electron chi connectivity index (χ3n) is 2.67. The highest BCUT2D eigenvalue weighted by Crippen LogP contribution is 2.28. The number of rotatable bonds is 3. The Kier molecular flexibility index (Phi) is 3.24. The van der Waals surface area contributed by atoms with Crippen molar-refractivity contribution in [2.24, 2.45) is 0 Å². The van der Waals surface area contributed by atoms with Crippen LogP contribution in [0.25, 0.3) is 11.1 Å². The Bertz CT molecular complexity index is 526. The molecular formula is C15H15NO. The van der Waals surface area contributed by atoms with Crippen LogP contribution in [0.4, 0.5) is 5.69 Å². The Morgan fingerprint density at radius 3 is 2.29 bits per heavy atom. The first-order valence-corrected chi connectivity index (χ1v) is 5.58. The number of carbonyl (C=O) groups excluding carboxylic acids is 1. The Hall–Kier alpha value is -2.09. The van der Waals surface area contributed by atoms with Crippen molar-refractivity contribution in [2.45, 2.75) is 13.8 Å². The Morgan fingerprint density at radius 1 is 1.00 bits per heavy atom. The second-order valence-corrected chi connectivity index (χ2v) is 4.18. The fourth-order valence-corrected chi connectivity index (χ4v) is 2.05. The molecule has 0 atom stereocenters. The van der Waals surface area contributed by atoms with Crippen LogP contribution < -0.4 is 5.32 Å². The number of para-hydroxylation sites is 1. The monoisotopic (exact) mass is 225 g/mol. The summed E-state index contributed by atoms with van der Waals surface area (Å²) in [5, 5.41) is 2.73. The Morgan fingerprint density at radius 2 is 1.65 bits per heavy atom. The second kappa shape index (κ2) is 4.83. The maximum absolute atomic E-state index is 10.6. The fourth-order valence-electron chi connectivity index (χ4n) is 2.05. The molecule has 0 aromatic heterocycles. The summed E-state index contributed by atoms with van der Waals surface area (Å²) in [5.41, 5.74) is 5.47. The molecule has 0 bridgehead atoms. The Balaban J connectivity index is 2.55. The maximum atomic E-state index is 10.6. The van der Waals surface area contributed by atoms with E-state index in [1.807, 2.05) is 24.3 Å². The van der Waals surface area contributed by atoms with Crippen LogP contribution in [0.5, 0.6) is 0 Å². The summed E-state index contributed by atoms with van der Waals surface area (Å²) in [6.45, 7) is 4.15. The van der Waals surface area contributed by atoms with E-state index < -0.39 is 0 Å². The molecule has 0 saturated heterocycles.